The Hall–Kier alpha value is -2.91. The number of halogens is 1. The Morgan fingerprint density at radius 3 is 2.60 bits per heavy atom. The van der Waals surface area contributed by atoms with Gasteiger partial charge in [-0.3, -0.25) is 9.59 Å². The van der Waals surface area contributed by atoms with Gasteiger partial charge in [0.1, 0.15) is 17.5 Å². The van der Waals surface area contributed by atoms with E-state index in [1.165, 1.54) is 4.90 Å². The first-order valence-corrected chi connectivity index (χ1v) is 12.2. The van der Waals surface area contributed by atoms with Crippen LogP contribution in [0.3, 0.4) is 0 Å². The smallest absolute Gasteiger partial charge is 0.408 e. The van der Waals surface area contributed by atoms with Crippen molar-refractivity contribution in [3.63, 3.8) is 0 Å². The Labute approximate surface area is 209 Å². The lowest BCUT2D eigenvalue weighted by molar-refractivity contribution is -0.135. The van der Waals surface area contributed by atoms with E-state index in [0.717, 1.165) is 24.8 Å². The summed E-state index contributed by atoms with van der Waals surface area (Å²) in [5, 5.41) is 12.8. The fourth-order valence-corrected chi connectivity index (χ4v) is 4.19. The zero-order valence-electron chi connectivity index (χ0n) is 20.6. The number of benzene rings is 1. The molecule has 0 saturated heterocycles. The van der Waals surface area contributed by atoms with Gasteiger partial charge in [0, 0.05) is 23.0 Å². The molecule has 9 nitrogen and oxygen atoms in total. The number of aromatic amines is 1. The maximum absolute atomic E-state index is 13.2. The van der Waals surface area contributed by atoms with E-state index in [4.69, 9.17) is 21.3 Å². The Kier molecular flexibility index (Phi) is 8.56. The Morgan fingerprint density at radius 1 is 1.31 bits per heavy atom. The lowest BCUT2D eigenvalue weighted by atomic mass is 9.90. The number of nitrogens with zero attached hydrogens (tertiary/aromatic N) is 2. The molecule has 0 spiro atoms. The quantitative estimate of drug-likeness (QED) is 0.529. The van der Waals surface area contributed by atoms with Crippen LogP contribution in [0.5, 0.6) is 0 Å². The maximum Gasteiger partial charge on any atom is 0.408 e. The van der Waals surface area contributed by atoms with Crippen LogP contribution < -0.4 is 10.9 Å². The second-order valence-corrected chi connectivity index (χ2v) is 10.2. The van der Waals surface area contributed by atoms with E-state index in [2.05, 4.69) is 17.2 Å². The molecule has 1 aliphatic rings. The molecule has 1 unspecified atom stereocenters. The minimum Gasteiger partial charge on any atom is -0.444 e. The van der Waals surface area contributed by atoms with E-state index < -0.39 is 30.3 Å². The second-order valence-electron chi connectivity index (χ2n) is 9.72. The highest BCUT2D eigenvalue weighted by Gasteiger charge is 2.35. The summed E-state index contributed by atoms with van der Waals surface area (Å²) in [5.74, 6) is -0.185. The first-order chi connectivity index (χ1) is 16.5. The second kappa shape index (κ2) is 11.2. The summed E-state index contributed by atoms with van der Waals surface area (Å²) in [5.41, 5.74) is 0.765. The van der Waals surface area contributed by atoms with Crippen LogP contribution in [0.15, 0.2) is 29.1 Å². The third-order valence-corrected chi connectivity index (χ3v) is 5.98. The monoisotopic (exact) mass is 504 g/mol. The minimum absolute atomic E-state index is 0.0342. The van der Waals surface area contributed by atoms with Crippen molar-refractivity contribution < 1.29 is 19.4 Å². The summed E-state index contributed by atoms with van der Waals surface area (Å²) in [4.78, 5) is 47.6. The molecule has 1 aromatic carbocycles. The predicted molar refractivity (Wildman–Crippen MR) is 133 cm³/mol. The van der Waals surface area contributed by atoms with E-state index in [1.54, 1.807) is 45.0 Å². The normalized spacial score (nSPS) is 16.4. The lowest BCUT2D eigenvalue weighted by Gasteiger charge is -2.35. The van der Waals surface area contributed by atoms with Gasteiger partial charge in [0.05, 0.1) is 24.4 Å². The molecule has 0 radical (unpaired) electrons. The molecule has 3 rings (SSSR count). The van der Waals surface area contributed by atoms with Crippen molar-refractivity contribution in [3.8, 4) is 11.4 Å². The highest BCUT2D eigenvalue weighted by atomic mass is 35.5. The van der Waals surface area contributed by atoms with Crippen molar-refractivity contribution in [2.45, 2.75) is 71.1 Å². The number of aliphatic hydroxyl groups is 1. The van der Waals surface area contributed by atoms with Crippen molar-refractivity contribution in [1.29, 1.82) is 0 Å². The number of H-pyrrole nitrogens is 1. The predicted octanol–water partition coefficient (Wildman–Crippen LogP) is 3.59. The SMILES string of the molecule is CCCCC1CN(C(=O)[C@H](CO)NC(=O)OC(C)(C)C)Cc2c1nc(-c1ccc(Cl)cc1)[nH]c2=O. The molecule has 3 N–H and O–H groups in total. The molecule has 1 aromatic heterocycles. The van der Waals surface area contributed by atoms with E-state index >= 15 is 0 Å². The molecular formula is C25H33ClN4O5. The molecule has 2 heterocycles. The summed E-state index contributed by atoms with van der Waals surface area (Å²) in [6, 6.07) is 5.87. The van der Waals surface area contributed by atoms with E-state index in [9.17, 15) is 19.5 Å². The number of hydrogen-bond donors (Lipinski definition) is 3. The Balaban J connectivity index is 1.89. The number of aromatic nitrogens is 2. The minimum atomic E-state index is -1.18. The van der Waals surface area contributed by atoms with Gasteiger partial charge in [-0.1, -0.05) is 31.4 Å². The average Bonchev–Trinajstić information content (AvgIpc) is 2.79. The highest BCUT2D eigenvalue weighted by Crippen LogP contribution is 2.31. The van der Waals surface area contributed by atoms with Crippen LogP contribution in [-0.2, 0) is 16.1 Å². The number of nitrogens with one attached hydrogen (secondary N) is 2. The van der Waals surface area contributed by atoms with Crippen LogP contribution in [0.2, 0.25) is 5.02 Å². The third-order valence-electron chi connectivity index (χ3n) is 5.73. The first-order valence-electron chi connectivity index (χ1n) is 11.8. The van der Waals surface area contributed by atoms with Crippen LogP contribution in [0.1, 0.15) is 64.1 Å². The highest BCUT2D eigenvalue weighted by molar-refractivity contribution is 6.30. The van der Waals surface area contributed by atoms with Crippen LogP contribution >= 0.6 is 11.6 Å². The number of ether oxygens (including phenoxy) is 1. The lowest BCUT2D eigenvalue weighted by Crippen LogP contribution is -2.53. The number of carbonyl (C=O) groups excluding carboxylic acids is 2. The number of unbranched alkanes of at least 4 members (excludes halogenated alkanes) is 1. The van der Waals surface area contributed by atoms with Crippen LogP contribution in [0, 0.1) is 0 Å². The molecule has 190 valence electrons. The number of hydrogen-bond acceptors (Lipinski definition) is 6. The van der Waals surface area contributed by atoms with Crippen LogP contribution in [0.25, 0.3) is 11.4 Å². The van der Waals surface area contributed by atoms with Crippen LogP contribution in [0.4, 0.5) is 4.79 Å². The van der Waals surface area contributed by atoms with E-state index in [-0.39, 0.29) is 18.0 Å². The number of amides is 2. The van der Waals surface area contributed by atoms with Gasteiger partial charge in [0.15, 0.2) is 0 Å². The molecule has 0 bridgehead atoms. The number of fused-ring (bicyclic) bond motifs is 1. The Bertz CT molecular complexity index is 1110. The molecule has 10 heteroatoms. The van der Waals surface area contributed by atoms with E-state index in [0.29, 0.717) is 28.6 Å². The number of alkyl carbamates (subject to hydrolysis) is 1. The fraction of sp³-hybridized carbons (Fsp3) is 0.520. The Morgan fingerprint density at radius 2 is 2.00 bits per heavy atom. The molecule has 2 aromatic rings. The topological polar surface area (TPSA) is 125 Å². The van der Waals surface area contributed by atoms with Gasteiger partial charge >= 0.3 is 6.09 Å². The molecule has 0 fully saturated rings. The van der Waals surface area contributed by atoms with Crippen molar-refractivity contribution in [3.05, 3.63) is 50.9 Å². The van der Waals surface area contributed by atoms with Gasteiger partial charge in [0.2, 0.25) is 5.91 Å². The maximum atomic E-state index is 13.2. The van der Waals surface area contributed by atoms with Crippen molar-refractivity contribution in [1.82, 2.24) is 20.2 Å². The standard InChI is InChI=1S/C25H33ClN4O5/c1-5-6-7-16-12-30(23(33)19(14-31)27-24(34)35-25(2,3)4)13-18-20(16)28-21(29-22(18)32)15-8-10-17(26)11-9-15/h8-11,16,19,31H,5-7,12-14H2,1-4H3,(H,27,34)(H,28,29,32)/t16?,19-/m0/s1. The zero-order valence-corrected chi connectivity index (χ0v) is 21.3. The third kappa shape index (κ3) is 6.82. The van der Waals surface area contributed by atoms with Crippen molar-refractivity contribution in [2.75, 3.05) is 13.2 Å². The first kappa shape index (κ1) is 26.7. The molecule has 0 aliphatic carbocycles. The molecule has 35 heavy (non-hydrogen) atoms. The number of aliphatic hydroxyl groups excluding tert-OH is 1. The summed E-state index contributed by atoms with van der Waals surface area (Å²) in [6.07, 6.45) is 1.80. The van der Waals surface area contributed by atoms with Gasteiger partial charge < -0.3 is 25.0 Å². The van der Waals surface area contributed by atoms with Crippen LogP contribution in [-0.4, -0.2) is 56.8 Å². The van der Waals surface area contributed by atoms with Gasteiger partial charge in [0.25, 0.3) is 5.56 Å². The zero-order chi connectivity index (χ0) is 25.8. The van der Waals surface area contributed by atoms with E-state index in [1.807, 2.05) is 0 Å². The number of rotatable bonds is 7. The van der Waals surface area contributed by atoms with Gasteiger partial charge in [-0.05, 0) is 51.5 Å². The summed E-state index contributed by atoms with van der Waals surface area (Å²) in [7, 11) is 0. The number of carbonyl (C=O) groups is 2. The summed E-state index contributed by atoms with van der Waals surface area (Å²) in [6.45, 7) is 6.97. The fourth-order valence-electron chi connectivity index (χ4n) is 4.06. The molecule has 2 atom stereocenters. The largest absolute Gasteiger partial charge is 0.444 e. The summed E-state index contributed by atoms with van der Waals surface area (Å²) < 4.78 is 5.21. The molecule has 2 amide bonds. The van der Waals surface area contributed by atoms with Crippen molar-refractivity contribution >= 4 is 23.6 Å². The molecule has 1 aliphatic heterocycles. The summed E-state index contributed by atoms with van der Waals surface area (Å²) >= 11 is 5.99. The molecular weight excluding hydrogens is 472 g/mol. The molecule has 0 saturated carbocycles. The van der Waals surface area contributed by atoms with Gasteiger partial charge in [-0.25, -0.2) is 9.78 Å². The van der Waals surface area contributed by atoms with Gasteiger partial charge in [-0.2, -0.15) is 0 Å². The van der Waals surface area contributed by atoms with Gasteiger partial charge in [-0.15, -0.1) is 0 Å². The van der Waals surface area contributed by atoms with Crippen molar-refractivity contribution in [2.24, 2.45) is 0 Å². The average molecular weight is 505 g/mol.